The molecule has 0 aliphatic heterocycles. The molecule has 0 fully saturated rings. The molecule has 130 valence electrons. The van der Waals surface area contributed by atoms with Crippen molar-refractivity contribution in [1.29, 1.82) is 0 Å². The minimum atomic E-state index is 0.600. The Morgan fingerprint density at radius 2 is 1.92 bits per heavy atom. The Morgan fingerprint density at radius 1 is 1.08 bits per heavy atom. The first-order valence-electron chi connectivity index (χ1n) is 7.90. The quantitative estimate of drug-likeness (QED) is 0.577. The number of thioether (sulfide) groups is 1. The molecular formula is C18H20N4O2S. The van der Waals surface area contributed by atoms with Crippen LogP contribution in [0.25, 0.3) is 11.4 Å². The smallest absolute Gasteiger partial charge is 0.191 e. The molecule has 0 radical (unpaired) electrons. The van der Waals surface area contributed by atoms with Crippen LogP contribution >= 0.6 is 11.8 Å². The Kier molecular flexibility index (Phi) is 6.03. The normalized spacial score (nSPS) is 10.8. The van der Waals surface area contributed by atoms with E-state index in [9.17, 15) is 0 Å². The van der Waals surface area contributed by atoms with Gasteiger partial charge in [-0.2, -0.15) is 0 Å². The van der Waals surface area contributed by atoms with Crippen LogP contribution in [0.2, 0.25) is 0 Å². The number of pyridine rings is 1. The lowest BCUT2D eigenvalue weighted by Gasteiger charge is -2.10. The van der Waals surface area contributed by atoms with Gasteiger partial charge in [0.1, 0.15) is 5.75 Å². The number of methoxy groups -OCH3 is 2. The van der Waals surface area contributed by atoms with E-state index < -0.39 is 0 Å². The van der Waals surface area contributed by atoms with Crippen LogP contribution in [0.3, 0.4) is 0 Å². The Balaban J connectivity index is 1.81. The van der Waals surface area contributed by atoms with Crippen LogP contribution in [0.5, 0.6) is 5.75 Å². The summed E-state index contributed by atoms with van der Waals surface area (Å²) in [6.07, 6.45) is 3.52. The second-order valence-corrected chi connectivity index (χ2v) is 6.27. The summed E-state index contributed by atoms with van der Waals surface area (Å²) in [5.74, 6) is 2.47. The van der Waals surface area contributed by atoms with Gasteiger partial charge in [0.2, 0.25) is 0 Å². The molecule has 0 aliphatic rings. The zero-order valence-electron chi connectivity index (χ0n) is 14.3. The molecular weight excluding hydrogens is 336 g/mol. The van der Waals surface area contributed by atoms with Crippen LogP contribution in [-0.4, -0.2) is 40.6 Å². The van der Waals surface area contributed by atoms with Crippen molar-refractivity contribution in [3.05, 3.63) is 54.4 Å². The Morgan fingerprint density at radius 3 is 2.68 bits per heavy atom. The molecule has 2 aromatic heterocycles. The highest BCUT2D eigenvalue weighted by Crippen LogP contribution is 2.27. The molecule has 1 aromatic carbocycles. The van der Waals surface area contributed by atoms with Gasteiger partial charge < -0.3 is 9.47 Å². The highest BCUT2D eigenvalue weighted by Gasteiger charge is 2.14. The second kappa shape index (κ2) is 8.64. The highest BCUT2D eigenvalue weighted by molar-refractivity contribution is 7.98. The predicted molar refractivity (Wildman–Crippen MR) is 97.7 cm³/mol. The maximum absolute atomic E-state index is 5.28. The molecule has 0 N–H and O–H groups in total. The summed E-state index contributed by atoms with van der Waals surface area (Å²) in [7, 11) is 3.37. The summed E-state index contributed by atoms with van der Waals surface area (Å²) in [6.45, 7) is 1.30. The van der Waals surface area contributed by atoms with Crippen LogP contribution < -0.4 is 4.74 Å². The average molecular weight is 356 g/mol. The van der Waals surface area contributed by atoms with Crippen molar-refractivity contribution in [3.63, 3.8) is 0 Å². The summed E-state index contributed by atoms with van der Waals surface area (Å²) in [5, 5.41) is 9.61. The summed E-state index contributed by atoms with van der Waals surface area (Å²) in [6, 6.07) is 11.9. The van der Waals surface area contributed by atoms with E-state index >= 15 is 0 Å². The predicted octanol–water partition coefficient (Wildman–Crippen LogP) is 3.29. The van der Waals surface area contributed by atoms with Crippen molar-refractivity contribution in [1.82, 2.24) is 19.7 Å². The zero-order valence-corrected chi connectivity index (χ0v) is 15.1. The van der Waals surface area contributed by atoms with Crippen LogP contribution in [0, 0.1) is 0 Å². The molecule has 0 bridgehead atoms. The lowest BCUT2D eigenvalue weighted by atomic mass is 10.2. The fourth-order valence-electron chi connectivity index (χ4n) is 2.40. The highest BCUT2D eigenvalue weighted by atomic mass is 32.2. The molecule has 6 nitrogen and oxygen atoms in total. The van der Waals surface area contributed by atoms with Crippen LogP contribution in [0.15, 0.2) is 53.9 Å². The lowest BCUT2D eigenvalue weighted by molar-refractivity contribution is 0.185. The molecule has 3 rings (SSSR count). The summed E-state index contributed by atoms with van der Waals surface area (Å²) < 4.78 is 12.6. The van der Waals surface area contributed by atoms with E-state index in [0.29, 0.717) is 13.2 Å². The van der Waals surface area contributed by atoms with Crippen LogP contribution in [0.1, 0.15) is 5.56 Å². The van der Waals surface area contributed by atoms with Crippen LogP contribution in [0.4, 0.5) is 0 Å². The summed E-state index contributed by atoms with van der Waals surface area (Å²) >= 11 is 1.65. The Labute approximate surface area is 151 Å². The summed E-state index contributed by atoms with van der Waals surface area (Å²) in [5.41, 5.74) is 2.17. The van der Waals surface area contributed by atoms with E-state index in [2.05, 4.69) is 25.8 Å². The molecule has 0 aliphatic carbocycles. The molecule has 2 heterocycles. The van der Waals surface area contributed by atoms with Gasteiger partial charge >= 0.3 is 0 Å². The number of ether oxygens (including phenoxy) is 2. The number of nitrogens with zero attached hydrogens (tertiary/aromatic N) is 4. The van der Waals surface area contributed by atoms with Gasteiger partial charge in [-0.1, -0.05) is 23.9 Å². The molecule has 0 saturated heterocycles. The fraction of sp³-hybridized carbons (Fsp3) is 0.278. The standard InChI is InChI=1S/C18H20N4O2S/c1-23-11-10-22-17(15-6-8-19-9-7-15)20-21-18(22)25-13-14-4-3-5-16(12-14)24-2/h3-9,12H,10-11,13H2,1-2H3. The third kappa shape index (κ3) is 4.37. The van der Waals surface area contributed by atoms with Gasteiger partial charge in [-0.05, 0) is 29.8 Å². The molecule has 3 aromatic rings. The number of hydrogen-bond acceptors (Lipinski definition) is 6. The van der Waals surface area contributed by atoms with Crippen molar-refractivity contribution in [2.75, 3.05) is 20.8 Å². The Bertz CT molecular complexity index is 808. The number of aromatic nitrogens is 4. The third-order valence-electron chi connectivity index (χ3n) is 3.68. The molecule has 0 amide bonds. The third-order valence-corrected chi connectivity index (χ3v) is 4.71. The number of rotatable bonds is 8. The van der Waals surface area contributed by atoms with Gasteiger partial charge in [0.15, 0.2) is 11.0 Å². The maximum Gasteiger partial charge on any atom is 0.191 e. The van der Waals surface area contributed by atoms with Gasteiger partial charge in [-0.15, -0.1) is 10.2 Å². The maximum atomic E-state index is 5.28. The largest absolute Gasteiger partial charge is 0.497 e. The number of benzene rings is 1. The fourth-order valence-corrected chi connectivity index (χ4v) is 3.31. The summed E-state index contributed by atoms with van der Waals surface area (Å²) in [4.78, 5) is 4.06. The van der Waals surface area contributed by atoms with Gasteiger partial charge in [0.25, 0.3) is 0 Å². The van der Waals surface area contributed by atoms with Crippen molar-refractivity contribution in [3.8, 4) is 17.1 Å². The van der Waals surface area contributed by atoms with E-state index in [1.165, 1.54) is 5.56 Å². The minimum Gasteiger partial charge on any atom is -0.497 e. The van der Waals surface area contributed by atoms with E-state index in [1.807, 2.05) is 30.3 Å². The minimum absolute atomic E-state index is 0.600. The van der Waals surface area contributed by atoms with Gasteiger partial charge in [0, 0.05) is 30.8 Å². The molecule has 25 heavy (non-hydrogen) atoms. The first-order valence-corrected chi connectivity index (χ1v) is 8.88. The van der Waals surface area contributed by atoms with Gasteiger partial charge in [-0.25, -0.2) is 0 Å². The molecule has 0 saturated carbocycles. The van der Waals surface area contributed by atoms with Crippen molar-refractivity contribution < 1.29 is 9.47 Å². The molecule has 0 unspecified atom stereocenters. The van der Waals surface area contributed by atoms with E-state index in [-0.39, 0.29) is 0 Å². The average Bonchev–Trinajstić information content (AvgIpc) is 3.08. The van der Waals surface area contributed by atoms with E-state index in [1.54, 1.807) is 38.4 Å². The van der Waals surface area contributed by atoms with Crippen molar-refractivity contribution in [2.45, 2.75) is 17.5 Å². The molecule has 7 heteroatoms. The first kappa shape index (κ1) is 17.4. The first-order chi connectivity index (χ1) is 12.3. The van der Waals surface area contributed by atoms with E-state index in [4.69, 9.17) is 9.47 Å². The van der Waals surface area contributed by atoms with Crippen LogP contribution in [-0.2, 0) is 17.0 Å². The SMILES string of the molecule is COCCn1c(SCc2cccc(OC)c2)nnc1-c1ccncc1. The van der Waals surface area contributed by atoms with Gasteiger partial charge in [0.05, 0.1) is 20.3 Å². The van der Waals surface area contributed by atoms with Gasteiger partial charge in [-0.3, -0.25) is 9.55 Å². The monoisotopic (exact) mass is 356 g/mol. The van der Waals surface area contributed by atoms with Crippen molar-refractivity contribution in [2.24, 2.45) is 0 Å². The zero-order chi connectivity index (χ0) is 17.5. The number of hydrogen-bond donors (Lipinski definition) is 0. The Hall–Kier alpha value is -2.38. The lowest BCUT2D eigenvalue weighted by Crippen LogP contribution is -2.07. The topological polar surface area (TPSA) is 62.1 Å². The van der Waals surface area contributed by atoms with Crippen molar-refractivity contribution >= 4 is 11.8 Å². The second-order valence-electron chi connectivity index (χ2n) is 5.33. The molecule has 0 spiro atoms. The molecule has 0 atom stereocenters. The van der Waals surface area contributed by atoms with E-state index in [0.717, 1.165) is 28.0 Å².